The third kappa shape index (κ3) is 2.50. The van der Waals surface area contributed by atoms with Gasteiger partial charge in [-0.3, -0.25) is 0 Å². The van der Waals surface area contributed by atoms with Gasteiger partial charge in [-0.1, -0.05) is 25.4 Å². The fourth-order valence-corrected chi connectivity index (χ4v) is 3.19. The van der Waals surface area contributed by atoms with Gasteiger partial charge < -0.3 is 10.6 Å². The molecule has 0 unspecified atom stereocenters. The van der Waals surface area contributed by atoms with Gasteiger partial charge >= 0.3 is 0 Å². The van der Waals surface area contributed by atoms with E-state index in [1.807, 2.05) is 12.1 Å². The molecule has 1 aromatic rings. The van der Waals surface area contributed by atoms with Crippen LogP contribution in [0.25, 0.3) is 0 Å². The number of nitrogens with zero attached hydrogens (tertiary/aromatic N) is 1. The topological polar surface area (TPSA) is 29.3 Å². The van der Waals surface area contributed by atoms with Gasteiger partial charge in [-0.05, 0) is 48.4 Å². The van der Waals surface area contributed by atoms with Crippen molar-refractivity contribution in [3.8, 4) is 0 Å². The first-order valence-electron chi connectivity index (χ1n) is 6.87. The first kappa shape index (κ1) is 13.7. The summed E-state index contributed by atoms with van der Waals surface area (Å²) in [6.07, 6.45) is 3.80. The van der Waals surface area contributed by atoms with E-state index in [1.165, 1.54) is 24.9 Å². The molecule has 0 aromatic heterocycles. The molecular formula is C15H23ClN2. The van der Waals surface area contributed by atoms with Crippen LogP contribution in [0.5, 0.6) is 0 Å². The highest BCUT2D eigenvalue weighted by atomic mass is 35.5. The fraction of sp³-hybridized carbons (Fsp3) is 0.600. The second kappa shape index (κ2) is 5.50. The van der Waals surface area contributed by atoms with Crippen LogP contribution in [0.3, 0.4) is 0 Å². The minimum Gasteiger partial charge on any atom is -0.371 e. The van der Waals surface area contributed by atoms with Gasteiger partial charge in [0.25, 0.3) is 0 Å². The van der Waals surface area contributed by atoms with Crippen molar-refractivity contribution in [2.45, 2.75) is 39.7 Å². The van der Waals surface area contributed by atoms with Crippen molar-refractivity contribution >= 4 is 17.3 Å². The third-order valence-corrected chi connectivity index (χ3v) is 4.78. The summed E-state index contributed by atoms with van der Waals surface area (Å²) in [5.74, 6) is 0. The molecule has 1 fully saturated rings. The van der Waals surface area contributed by atoms with E-state index in [1.54, 1.807) is 0 Å². The van der Waals surface area contributed by atoms with Crippen molar-refractivity contribution in [3.05, 3.63) is 28.8 Å². The van der Waals surface area contributed by atoms with Crippen LogP contribution < -0.4 is 10.6 Å². The predicted octanol–water partition coefficient (Wildman–Crippen LogP) is 3.82. The van der Waals surface area contributed by atoms with Crippen molar-refractivity contribution in [1.29, 1.82) is 0 Å². The lowest BCUT2D eigenvalue weighted by molar-refractivity contribution is 0.301. The minimum atomic E-state index is 0.492. The molecule has 100 valence electrons. The lowest BCUT2D eigenvalue weighted by atomic mass is 9.82. The Kier molecular flexibility index (Phi) is 4.18. The molecular weight excluding hydrogens is 244 g/mol. The summed E-state index contributed by atoms with van der Waals surface area (Å²) in [7, 11) is 0. The van der Waals surface area contributed by atoms with E-state index < -0.39 is 0 Å². The Morgan fingerprint density at radius 3 is 2.61 bits per heavy atom. The summed E-state index contributed by atoms with van der Waals surface area (Å²) in [5, 5.41) is 0.774. The fourth-order valence-electron chi connectivity index (χ4n) is 2.99. The largest absolute Gasteiger partial charge is 0.371 e. The normalized spacial score (nSPS) is 18.3. The minimum absolute atomic E-state index is 0.492. The highest BCUT2D eigenvalue weighted by molar-refractivity contribution is 6.30. The summed E-state index contributed by atoms with van der Waals surface area (Å²) >= 11 is 6.04. The van der Waals surface area contributed by atoms with Crippen molar-refractivity contribution < 1.29 is 0 Å². The van der Waals surface area contributed by atoms with Crippen LogP contribution in [0.15, 0.2) is 18.2 Å². The Bertz CT molecular complexity index is 413. The van der Waals surface area contributed by atoms with Crippen LogP contribution in [0.1, 0.15) is 38.7 Å². The molecule has 0 aliphatic carbocycles. The Labute approximate surface area is 115 Å². The van der Waals surface area contributed by atoms with Gasteiger partial charge in [0.1, 0.15) is 0 Å². The molecule has 1 heterocycles. The lowest BCUT2D eigenvalue weighted by Gasteiger charge is -2.28. The summed E-state index contributed by atoms with van der Waals surface area (Å²) < 4.78 is 0. The zero-order chi connectivity index (χ0) is 13.2. The molecule has 1 aromatic carbocycles. The average molecular weight is 267 g/mol. The average Bonchev–Trinajstić information content (AvgIpc) is 2.83. The van der Waals surface area contributed by atoms with Crippen LogP contribution in [0.2, 0.25) is 5.02 Å². The Hall–Kier alpha value is -0.730. The van der Waals surface area contributed by atoms with Gasteiger partial charge in [-0.2, -0.15) is 0 Å². The number of anilines is 1. The number of benzene rings is 1. The number of hydrogen-bond acceptors (Lipinski definition) is 2. The summed E-state index contributed by atoms with van der Waals surface area (Å²) in [6, 6.07) is 6.08. The molecule has 0 bridgehead atoms. The van der Waals surface area contributed by atoms with E-state index in [2.05, 4.69) is 24.8 Å². The van der Waals surface area contributed by atoms with Gasteiger partial charge in [0.15, 0.2) is 0 Å². The van der Waals surface area contributed by atoms with Crippen molar-refractivity contribution in [3.63, 3.8) is 0 Å². The van der Waals surface area contributed by atoms with Gasteiger partial charge in [0.2, 0.25) is 0 Å². The molecule has 2 rings (SSSR count). The van der Waals surface area contributed by atoms with Crippen LogP contribution in [-0.2, 0) is 6.54 Å². The van der Waals surface area contributed by atoms with E-state index in [-0.39, 0.29) is 0 Å². The SMILES string of the molecule is CCC1(CC)CCN(c2ccc(Cl)cc2CN)C1. The molecule has 3 heteroatoms. The number of nitrogens with two attached hydrogens (primary N) is 1. The standard InChI is InChI=1S/C15H23ClN2/c1-3-15(4-2)7-8-18(11-15)14-6-5-13(16)9-12(14)10-17/h5-6,9H,3-4,7-8,10-11,17H2,1-2H3. The van der Waals surface area contributed by atoms with E-state index in [0.29, 0.717) is 12.0 Å². The molecule has 0 saturated carbocycles. The van der Waals surface area contributed by atoms with E-state index in [0.717, 1.165) is 23.7 Å². The maximum atomic E-state index is 6.04. The molecule has 1 saturated heterocycles. The Morgan fingerprint density at radius 1 is 1.33 bits per heavy atom. The van der Waals surface area contributed by atoms with Gasteiger partial charge in [0, 0.05) is 30.3 Å². The monoisotopic (exact) mass is 266 g/mol. The van der Waals surface area contributed by atoms with Crippen LogP contribution >= 0.6 is 11.6 Å². The maximum absolute atomic E-state index is 6.04. The van der Waals surface area contributed by atoms with Crippen molar-refractivity contribution in [2.24, 2.45) is 11.1 Å². The third-order valence-electron chi connectivity index (χ3n) is 4.54. The molecule has 18 heavy (non-hydrogen) atoms. The predicted molar refractivity (Wildman–Crippen MR) is 79.2 cm³/mol. The zero-order valence-electron chi connectivity index (χ0n) is 11.4. The lowest BCUT2D eigenvalue weighted by Crippen LogP contribution is -2.27. The highest BCUT2D eigenvalue weighted by Crippen LogP contribution is 2.40. The highest BCUT2D eigenvalue weighted by Gasteiger charge is 2.35. The molecule has 2 nitrogen and oxygen atoms in total. The first-order valence-corrected chi connectivity index (χ1v) is 7.25. The quantitative estimate of drug-likeness (QED) is 0.898. The van der Waals surface area contributed by atoms with Crippen LogP contribution in [0, 0.1) is 5.41 Å². The van der Waals surface area contributed by atoms with E-state index in [4.69, 9.17) is 17.3 Å². The number of hydrogen-bond donors (Lipinski definition) is 1. The zero-order valence-corrected chi connectivity index (χ0v) is 12.1. The second-order valence-electron chi connectivity index (χ2n) is 5.36. The molecule has 1 aliphatic rings. The maximum Gasteiger partial charge on any atom is 0.0412 e. The number of halogens is 1. The Morgan fingerprint density at radius 2 is 2.06 bits per heavy atom. The number of rotatable bonds is 4. The van der Waals surface area contributed by atoms with Crippen molar-refractivity contribution in [1.82, 2.24) is 0 Å². The van der Waals surface area contributed by atoms with Gasteiger partial charge in [-0.15, -0.1) is 0 Å². The Balaban J connectivity index is 2.24. The summed E-state index contributed by atoms with van der Waals surface area (Å²) in [5.41, 5.74) is 8.75. The molecule has 0 radical (unpaired) electrons. The van der Waals surface area contributed by atoms with Crippen LogP contribution in [-0.4, -0.2) is 13.1 Å². The van der Waals surface area contributed by atoms with E-state index >= 15 is 0 Å². The van der Waals surface area contributed by atoms with Crippen LogP contribution in [0.4, 0.5) is 5.69 Å². The molecule has 1 aliphatic heterocycles. The first-order chi connectivity index (χ1) is 8.64. The van der Waals surface area contributed by atoms with E-state index in [9.17, 15) is 0 Å². The molecule has 0 atom stereocenters. The smallest absolute Gasteiger partial charge is 0.0412 e. The van der Waals surface area contributed by atoms with Gasteiger partial charge in [0.05, 0.1) is 0 Å². The summed E-state index contributed by atoms with van der Waals surface area (Å²) in [6.45, 7) is 7.44. The molecule has 2 N–H and O–H groups in total. The van der Waals surface area contributed by atoms with Crippen molar-refractivity contribution in [2.75, 3.05) is 18.0 Å². The second-order valence-corrected chi connectivity index (χ2v) is 5.79. The molecule has 0 spiro atoms. The molecule has 0 amide bonds. The van der Waals surface area contributed by atoms with Gasteiger partial charge in [-0.25, -0.2) is 0 Å². The summed E-state index contributed by atoms with van der Waals surface area (Å²) in [4.78, 5) is 2.48.